The average molecular weight is 308 g/mol. The van der Waals surface area contributed by atoms with Gasteiger partial charge in [-0.3, -0.25) is 0 Å². The first-order valence-electron chi connectivity index (χ1n) is 8.55. The maximum absolute atomic E-state index is 6.20. The molecular weight excluding hydrogens is 278 g/mol. The highest BCUT2D eigenvalue weighted by atomic mass is 32.1. The third kappa shape index (κ3) is 3.52. The third-order valence-corrected chi connectivity index (χ3v) is 6.24. The summed E-state index contributed by atoms with van der Waals surface area (Å²) in [6.45, 7) is 8.79. The molecule has 2 nitrogen and oxygen atoms in total. The summed E-state index contributed by atoms with van der Waals surface area (Å²) in [5, 5.41) is 3.71. The normalized spacial score (nSPS) is 29.4. The Labute approximate surface area is 133 Å². The van der Waals surface area contributed by atoms with E-state index in [-0.39, 0.29) is 0 Å². The van der Waals surface area contributed by atoms with E-state index in [4.69, 9.17) is 4.74 Å². The first-order valence-corrected chi connectivity index (χ1v) is 9.37. The fourth-order valence-corrected chi connectivity index (χ4v) is 4.76. The van der Waals surface area contributed by atoms with E-state index < -0.39 is 0 Å². The third-order valence-electron chi connectivity index (χ3n) is 5.01. The van der Waals surface area contributed by atoms with Crippen molar-refractivity contribution in [3.63, 3.8) is 0 Å². The van der Waals surface area contributed by atoms with E-state index in [1.807, 2.05) is 11.3 Å². The Morgan fingerprint density at radius 3 is 2.71 bits per heavy atom. The molecule has 1 aliphatic heterocycles. The highest BCUT2D eigenvalue weighted by Crippen LogP contribution is 2.49. The number of aryl methyl sites for hydroxylation is 1. The second-order valence-electron chi connectivity index (χ2n) is 7.18. The van der Waals surface area contributed by atoms with Crippen LogP contribution in [0.5, 0.6) is 0 Å². The van der Waals surface area contributed by atoms with Crippen LogP contribution in [0.25, 0.3) is 0 Å². The quantitative estimate of drug-likeness (QED) is 0.821. The van der Waals surface area contributed by atoms with Crippen molar-refractivity contribution in [3.05, 3.63) is 21.9 Å². The zero-order valence-electron chi connectivity index (χ0n) is 13.7. The highest BCUT2D eigenvalue weighted by molar-refractivity contribution is 7.11. The molecule has 0 radical (unpaired) electrons. The van der Waals surface area contributed by atoms with Gasteiger partial charge in [0.2, 0.25) is 0 Å². The van der Waals surface area contributed by atoms with Crippen molar-refractivity contribution in [3.8, 4) is 0 Å². The lowest BCUT2D eigenvalue weighted by molar-refractivity contribution is 0.0302. The molecule has 2 atom stereocenters. The fraction of sp³-hybridized carbons (Fsp3) is 0.778. The van der Waals surface area contributed by atoms with E-state index in [2.05, 4.69) is 38.2 Å². The van der Waals surface area contributed by atoms with Crippen LogP contribution in [0, 0.1) is 11.3 Å². The van der Waals surface area contributed by atoms with Gasteiger partial charge in [-0.2, -0.15) is 0 Å². The smallest absolute Gasteiger partial charge is 0.0675 e. The molecule has 3 heteroatoms. The molecule has 118 valence electrons. The van der Waals surface area contributed by atoms with Gasteiger partial charge in [-0.1, -0.05) is 20.8 Å². The molecule has 0 spiro atoms. The van der Waals surface area contributed by atoms with Crippen LogP contribution in [0.4, 0.5) is 0 Å². The summed E-state index contributed by atoms with van der Waals surface area (Å²) in [6, 6.07) is 5.21. The molecule has 2 aliphatic rings. The van der Waals surface area contributed by atoms with E-state index >= 15 is 0 Å². The van der Waals surface area contributed by atoms with Gasteiger partial charge >= 0.3 is 0 Å². The van der Waals surface area contributed by atoms with E-state index in [0.717, 1.165) is 25.5 Å². The molecule has 1 N–H and O–H groups in total. The number of thiophene rings is 1. The Bertz CT molecular complexity index is 466. The van der Waals surface area contributed by atoms with Gasteiger partial charge in [0, 0.05) is 34.4 Å². The maximum atomic E-state index is 6.20. The van der Waals surface area contributed by atoms with Gasteiger partial charge in [-0.15, -0.1) is 11.3 Å². The monoisotopic (exact) mass is 307 g/mol. The molecule has 0 amide bonds. The molecule has 1 aromatic heterocycles. The molecule has 1 aliphatic carbocycles. The number of hydrogen-bond acceptors (Lipinski definition) is 3. The van der Waals surface area contributed by atoms with Crippen LogP contribution in [-0.4, -0.2) is 25.3 Å². The number of rotatable bonds is 7. The zero-order valence-corrected chi connectivity index (χ0v) is 14.5. The SMILES string of the molecule is CCc1ccc(CC2(CNC(C)C)CCOC2C2CC2)s1. The molecule has 1 saturated carbocycles. The van der Waals surface area contributed by atoms with Crippen molar-refractivity contribution in [1.29, 1.82) is 0 Å². The minimum Gasteiger partial charge on any atom is -0.377 e. The summed E-state index contributed by atoms with van der Waals surface area (Å²) in [7, 11) is 0. The molecule has 0 bridgehead atoms. The summed E-state index contributed by atoms with van der Waals surface area (Å²) in [5.41, 5.74) is 0.321. The van der Waals surface area contributed by atoms with Crippen LogP contribution >= 0.6 is 11.3 Å². The van der Waals surface area contributed by atoms with Gasteiger partial charge in [-0.05, 0) is 50.2 Å². The lowest BCUT2D eigenvalue weighted by Crippen LogP contribution is -2.45. The second kappa shape index (κ2) is 6.39. The van der Waals surface area contributed by atoms with Crippen LogP contribution < -0.4 is 5.32 Å². The summed E-state index contributed by atoms with van der Waals surface area (Å²) in [4.78, 5) is 3.06. The minimum atomic E-state index is 0.321. The molecular formula is C18H29NOS. The molecule has 2 fully saturated rings. The van der Waals surface area contributed by atoms with Crippen LogP contribution in [0.1, 0.15) is 49.8 Å². The molecule has 3 rings (SSSR count). The maximum Gasteiger partial charge on any atom is 0.0675 e. The highest BCUT2D eigenvalue weighted by Gasteiger charge is 2.50. The van der Waals surface area contributed by atoms with Gasteiger partial charge in [0.05, 0.1) is 6.10 Å². The van der Waals surface area contributed by atoms with Crippen LogP contribution in [0.2, 0.25) is 0 Å². The first kappa shape index (κ1) is 15.5. The number of nitrogens with one attached hydrogen (secondary N) is 1. The van der Waals surface area contributed by atoms with Crippen molar-refractivity contribution < 1.29 is 4.74 Å². The van der Waals surface area contributed by atoms with E-state index in [0.29, 0.717) is 17.6 Å². The zero-order chi connectivity index (χ0) is 14.9. The number of ether oxygens (including phenoxy) is 1. The van der Waals surface area contributed by atoms with E-state index in [9.17, 15) is 0 Å². The Morgan fingerprint density at radius 2 is 2.10 bits per heavy atom. The van der Waals surface area contributed by atoms with Gasteiger partial charge in [0.1, 0.15) is 0 Å². The minimum absolute atomic E-state index is 0.321. The lowest BCUT2D eigenvalue weighted by atomic mass is 9.75. The van der Waals surface area contributed by atoms with Crippen molar-refractivity contribution in [2.75, 3.05) is 13.2 Å². The van der Waals surface area contributed by atoms with Crippen molar-refractivity contribution >= 4 is 11.3 Å². The Hall–Kier alpha value is -0.380. The summed E-state index contributed by atoms with van der Waals surface area (Å²) in [5.74, 6) is 0.826. The topological polar surface area (TPSA) is 21.3 Å². The van der Waals surface area contributed by atoms with E-state index in [1.165, 1.54) is 30.6 Å². The number of hydrogen-bond donors (Lipinski definition) is 1. The largest absolute Gasteiger partial charge is 0.377 e. The summed E-state index contributed by atoms with van der Waals surface area (Å²) < 4.78 is 6.20. The summed E-state index contributed by atoms with van der Waals surface area (Å²) in [6.07, 6.45) is 6.80. The van der Waals surface area contributed by atoms with Gasteiger partial charge < -0.3 is 10.1 Å². The van der Waals surface area contributed by atoms with E-state index in [1.54, 1.807) is 4.88 Å². The van der Waals surface area contributed by atoms with Crippen LogP contribution in [-0.2, 0) is 17.6 Å². The molecule has 1 saturated heterocycles. The van der Waals surface area contributed by atoms with Crippen LogP contribution in [0.15, 0.2) is 12.1 Å². The van der Waals surface area contributed by atoms with Gasteiger partial charge in [-0.25, -0.2) is 0 Å². The molecule has 2 heterocycles. The predicted molar refractivity (Wildman–Crippen MR) is 90.1 cm³/mol. The van der Waals surface area contributed by atoms with Gasteiger partial charge in [0.25, 0.3) is 0 Å². The second-order valence-corrected chi connectivity index (χ2v) is 8.43. The first-order chi connectivity index (χ1) is 10.1. The Balaban J connectivity index is 1.77. The molecule has 2 unspecified atom stereocenters. The molecule has 0 aromatic carbocycles. The standard InChI is InChI=1S/C18H29NOS/c1-4-15-7-8-16(21-15)11-18(12-19-13(2)3)9-10-20-17(18)14-5-6-14/h7-8,13-14,17,19H,4-6,9-12H2,1-3H3. The Morgan fingerprint density at radius 1 is 1.33 bits per heavy atom. The van der Waals surface area contributed by atoms with Crippen molar-refractivity contribution in [1.82, 2.24) is 5.32 Å². The lowest BCUT2D eigenvalue weighted by Gasteiger charge is -2.35. The van der Waals surface area contributed by atoms with Crippen LogP contribution in [0.3, 0.4) is 0 Å². The Kier molecular flexibility index (Phi) is 4.72. The molecule has 1 aromatic rings. The summed E-state index contributed by atoms with van der Waals surface area (Å²) >= 11 is 2.00. The average Bonchev–Trinajstić information content (AvgIpc) is 3.06. The predicted octanol–water partition coefficient (Wildman–Crippen LogP) is 4.04. The van der Waals surface area contributed by atoms with Gasteiger partial charge in [0.15, 0.2) is 0 Å². The van der Waals surface area contributed by atoms with Crippen molar-refractivity contribution in [2.24, 2.45) is 11.3 Å². The fourth-order valence-electron chi connectivity index (χ4n) is 3.65. The van der Waals surface area contributed by atoms with Crippen molar-refractivity contribution in [2.45, 2.75) is 65.0 Å². The molecule has 21 heavy (non-hydrogen) atoms.